The van der Waals surface area contributed by atoms with Gasteiger partial charge < -0.3 is 14.2 Å². The highest BCUT2D eigenvalue weighted by molar-refractivity contribution is 7.22. The average Bonchev–Trinajstić information content (AvgIpc) is 3.08. The van der Waals surface area contributed by atoms with Crippen LogP contribution in [0.15, 0.2) is 36.4 Å². The molecule has 0 radical (unpaired) electrons. The van der Waals surface area contributed by atoms with Crippen molar-refractivity contribution >= 4 is 38.6 Å². The lowest BCUT2D eigenvalue weighted by Crippen LogP contribution is -2.39. The van der Waals surface area contributed by atoms with Crippen molar-refractivity contribution in [2.75, 3.05) is 18.5 Å². The highest BCUT2D eigenvalue weighted by Gasteiger charge is 2.29. The second kappa shape index (κ2) is 7.47. The summed E-state index contributed by atoms with van der Waals surface area (Å²) in [5.41, 5.74) is 3.04. The van der Waals surface area contributed by atoms with Crippen LogP contribution < -0.4 is 14.8 Å². The molecule has 0 aliphatic carbocycles. The van der Waals surface area contributed by atoms with Crippen LogP contribution >= 0.6 is 11.3 Å². The second-order valence-corrected chi connectivity index (χ2v) is 7.50. The standard InChI is InChI=1S/C20H18N2O5S/c1-11-7-12(2)18-16(8-11)28-20(22-18)21-17(23)10-26-19(24)15-9-25-13-5-3-4-6-14(13)27-15/h3-8,15H,9-10H2,1-2H3,(H,21,22,23)/t15-/m1/s1. The molecule has 0 unspecified atom stereocenters. The number of aryl methyl sites for hydroxylation is 2. The average molecular weight is 398 g/mol. The first-order chi connectivity index (χ1) is 13.5. The lowest BCUT2D eigenvalue weighted by Gasteiger charge is -2.24. The van der Waals surface area contributed by atoms with Gasteiger partial charge in [0.05, 0.1) is 10.2 Å². The van der Waals surface area contributed by atoms with Gasteiger partial charge in [0.1, 0.15) is 6.61 Å². The van der Waals surface area contributed by atoms with E-state index < -0.39 is 24.6 Å². The van der Waals surface area contributed by atoms with Crippen LogP contribution in [0.5, 0.6) is 11.5 Å². The van der Waals surface area contributed by atoms with Crippen molar-refractivity contribution in [3.05, 3.63) is 47.5 Å². The van der Waals surface area contributed by atoms with Crippen LogP contribution in [0.2, 0.25) is 0 Å². The molecule has 2 heterocycles. The van der Waals surface area contributed by atoms with Crippen LogP contribution in [0.3, 0.4) is 0 Å². The van der Waals surface area contributed by atoms with Crippen molar-refractivity contribution in [1.82, 2.24) is 4.98 Å². The number of thiazole rings is 1. The summed E-state index contributed by atoms with van der Waals surface area (Å²) in [4.78, 5) is 28.7. The number of anilines is 1. The third-order valence-electron chi connectivity index (χ3n) is 4.19. The number of ether oxygens (including phenoxy) is 3. The van der Waals surface area contributed by atoms with E-state index in [1.165, 1.54) is 11.3 Å². The lowest BCUT2D eigenvalue weighted by atomic mass is 10.1. The Bertz CT molecular complexity index is 1060. The topological polar surface area (TPSA) is 86.8 Å². The van der Waals surface area contributed by atoms with Crippen molar-refractivity contribution in [1.29, 1.82) is 0 Å². The molecule has 0 fully saturated rings. The zero-order chi connectivity index (χ0) is 19.7. The Balaban J connectivity index is 1.33. The Kier molecular flexibility index (Phi) is 4.87. The third-order valence-corrected chi connectivity index (χ3v) is 5.11. The minimum absolute atomic E-state index is 0.0357. The summed E-state index contributed by atoms with van der Waals surface area (Å²) in [6, 6.07) is 11.1. The van der Waals surface area contributed by atoms with Gasteiger partial charge in [0.25, 0.3) is 5.91 Å². The summed E-state index contributed by atoms with van der Waals surface area (Å²) in [6.07, 6.45) is -0.907. The molecular formula is C20H18N2O5S. The molecule has 1 aromatic heterocycles. The van der Waals surface area contributed by atoms with Gasteiger partial charge in [-0.15, -0.1) is 0 Å². The second-order valence-electron chi connectivity index (χ2n) is 6.47. The maximum Gasteiger partial charge on any atom is 0.351 e. The number of aromatic nitrogens is 1. The molecule has 0 saturated carbocycles. The molecule has 1 N–H and O–H groups in total. The van der Waals surface area contributed by atoms with E-state index in [0.717, 1.165) is 21.3 Å². The van der Waals surface area contributed by atoms with Gasteiger partial charge in [0.15, 0.2) is 23.2 Å². The molecule has 1 aliphatic heterocycles. The quantitative estimate of drug-likeness (QED) is 0.679. The Hall–Kier alpha value is -3.13. The maximum atomic E-state index is 12.2. The predicted molar refractivity (Wildman–Crippen MR) is 105 cm³/mol. The fourth-order valence-corrected chi connectivity index (χ4v) is 4.00. The van der Waals surface area contributed by atoms with Gasteiger partial charge in [-0.2, -0.15) is 0 Å². The number of nitrogens with one attached hydrogen (secondary N) is 1. The number of esters is 1. The first-order valence-corrected chi connectivity index (χ1v) is 9.54. The highest BCUT2D eigenvalue weighted by Crippen LogP contribution is 2.31. The molecule has 3 aromatic rings. The monoisotopic (exact) mass is 398 g/mol. The normalized spacial score (nSPS) is 15.3. The van der Waals surface area contributed by atoms with Crippen molar-refractivity contribution in [3.63, 3.8) is 0 Å². The van der Waals surface area contributed by atoms with E-state index in [1.807, 2.05) is 32.0 Å². The van der Waals surface area contributed by atoms with Gasteiger partial charge in [-0.25, -0.2) is 9.78 Å². The molecular weight excluding hydrogens is 380 g/mol. The number of benzene rings is 2. The van der Waals surface area contributed by atoms with Crippen molar-refractivity contribution in [2.45, 2.75) is 20.0 Å². The summed E-state index contributed by atoms with van der Waals surface area (Å²) in [7, 11) is 0. The van der Waals surface area contributed by atoms with Crippen LogP contribution in [0.4, 0.5) is 5.13 Å². The summed E-state index contributed by atoms with van der Waals surface area (Å²) in [6.45, 7) is 3.61. The Labute approximate surface area is 165 Å². The molecule has 1 aliphatic rings. The fourth-order valence-electron chi connectivity index (χ4n) is 2.94. The SMILES string of the molecule is Cc1cc(C)c2nc(NC(=O)COC(=O)[C@H]3COc4ccccc4O3)sc2c1. The number of amides is 1. The summed E-state index contributed by atoms with van der Waals surface area (Å²) in [5, 5.41) is 3.14. The minimum atomic E-state index is -0.907. The summed E-state index contributed by atoms with van der Waals surface area (Å²) < 4.78 is 17.1. The van der Waals surface area contributed by atoms with Gasteiger partial charge in [0.2, 0.25) is 6.10 Å². The number of hydrogen-bond donors (Lipinski definition) is 1. The number of fused-ring (bicyclic) bond motifs is 2. The molecule has 0 spiro atoms. The Morgan fingerprint density at radius 1 is 1.25 bits per heavy atom. The largest absolute Gasteiger partial charge is 0.485 e. The first kappa shape index (κ1) is 18.2. The van der Waals surface area contributed by atoms with E-state index in [2.05, 4.69) is 10.3 Å². The van der Waals surface area contributed by atoms with Crippen LogP contribution in [0.1, 0.15) is 11.1 Å². The summed E-state index contributed by atoms with van der Waals surface area (Å²) in [5.74, 6) is -0.0646. The number of para-hydroxylation sites is 2. The van der Waals surface area contributed by atoms with Gasteiger partial charge in [-0.3, -0.25) is 10.1 Å². The number of carbonyl (C=O) groups is 2. The van der Waals surface area contributed by atoms with Gasteiger partial charge >= 0.3 is 5.97 Å². The maximum absolute atomic E-state index is 12.2. The van der Waals surface area contributed by atoms with Crippen LogP contribution in [0, 0.1) is 13.8 Å². The number of carbonyl (C=O) groups excluding carboxylic acids is 2. The van der Waals surface area contributed by atoms with E-state index >= 15 is 0 Å². The zero-order valence-electron chi connectivity index (χ0n) is 15.4. The van der Waals surface area contributed by atoms with Crippen molar-refractivity contribution in [3.8, 4) is 11.5 Å². The van der Waals surface area contributed by atoms with E-state index in [9.17, 15) is 9.59 Å². The molecule has 1 amide bonds. The fraction of sp³-hybridized carbons (Fsp3) is 0.250. The zero-order valence-corrected chi connectivity index (χ0v) is 16.2. The molecule has 8 heteroatoms. The molecule has 144 valence electrons. The molecule has 4 rings (SSSR count). The molecule has 0 saturated heterocycles. The number of rotatable bonds is 4. The van der Waals surface area contributed by atoms with Crippen LogP contribution in [-0.2, 0) is 14.3 Å². The predicted octanol–water partition coefficient (Wildman–Crippen LogP) is 3.23. The number of hydrogen-bond acceptors (Lipinski definition) is 7. The van der Waals surface area contributed by atoms with Gasteiger partial charge in [0, 0.05) is 0 Å². The molecule has 0 bridgehead atoms. The lowest BCUT2D eigenvalue weighted by molar-refractivity contribution is -0.156. The van der Waals surface area contributed by atoms with Crippen LogP contribution in [-0.4, -0.2) is 36.2 Å². The van der Waals surface area contributed by atoms with E-state index in [4.69, 9.17) is 14.2 Å². The third kappa shape index (κ3) is 3.77. The molecule has 2 aromatic carbocycles. The van der Waals surface area contributed by atoms with E-state index in [1.54, 1.807) is 18.2 Å². The smallest absolute Gasteiger partial charge is 0.351 e. The van der Waals surface area contributed by atoms with Crippen molar-refractivity contribution in [2.24, 2.45) is 0 Å². The van der Waals surface area contributed by atoms with Crippen molar-refractivity contribution < 1.29 is 23.8 Å². The molecule has 28 heavy (non-hydrogen) atoms. The molecule has 7 nitrogen and oxygen atoms in total. The Morgan fingerprint density at radius 3 is 2.86 bits per heavy atom. The Morgan fingerprint density at radius 2 is 2.04 bits per heavy atom. The minimum Gasteiger partial charge on any atom is -0.485 e. The molecule has 1 atom stereocenters. The van der Waals surface area contributed by atoms with Gasteiger partial charge in [-0.1, -0.05) is 29.5 Å². The number of nitrogens with zero attached hydrogens (tertiary/aromatic N) is 1. The van der Waals surface area contributed by atoms with E-state index in [-0.39, 0.29) is 6.61 Å². The summed E-state index contributed by atoms with van der Waals surface area (Å²) >= 11 is 1.38. The van der Waals surface area contributed by atoms with E-state index in [0.29, 0.717) is 16.6 Å². The highest BCUT2D eigenvalue weighted by atomic mass is 32.1. The first-order valence-electron chi connectivity index (χ1n) is 8.72. The van der Waals surface area contributed by atoms with Crippen LogP contribution in [0.25, 0.3) is 10.2 Å². The van der Waals surface area contributed by atoms with Gasteiger partial charge in [-0.05, 0) is 43.2 Å².